The molecule has 0 saturated carbocycles. The van der Waals surface area contributed by atoms with Gasteiger partial charge in [0.05, 0.1) is 0 Å². The first-order chi connectivity index (χ1) is 24.8. The molecule has 0 fully saturated rings. The lowest BCUT2D eigenvalue weighted by Gasteiger charge is -2.14. The minimum atomic E-state index is 1.05. The third kappa shape index (κ3) is 25.1. The molecule has 0 bridgehead atoms. The minimum Gasteiger partial charge on any atom is -0.385 e. The van der Waals surface area contributed by atoms with Crippen LogP contribution in [0.3, 0.4) is 0 Å². The number of rotatable bonds is 37. The molecule has 0 aliphatic carbocycles. The largest absolute Gasteiger partial charge is 0.385 e. The van der Waals surface area contributed by atoms with Gasteiger partial charge in [0.25, 0.3) is 0 Å². The highest BCUT2D eigenvalue weighted by Gasteiger charge is 2.04. The first-order valence-electron chi connectivity index (χ1n) is 22.5. The first-order valence-corrected chi connectivity index (χ1v) is 22.5. The van der Waals surface area contributed by atoms with Gasteiger partial charge in [-0.1, -0.05) is 217 Å². The minimum absolute atomic E-state index is 1.05. The molecule has 286 valence electrons. The topological polar surface area (TPSA) is 24.1 Å². The zero-order valence-corrected chi connectivity index (χ0v) is 33.7. The Morgan fingerprint density at radius 3 is 0.860 bits per heavy atom. The van der Waals surface area contributed by atoms with Gasteiger partial charge in [-0.05, 0) is 61.8 Å². The second-order valence-electron chi connectivity index (χ2n) is 15.6. The van der Waals surface area contributed by atoms with Crippen molar-refractivity contribution in [2.75, 3.05) is 23.7 Å². The van der Waals surface area contributed by atoms with Crippen LogP contribution in [0.15, 0.2) is 48.5 Å². The van der Waals surface area contributed by atoms with Gasteiger partial charge in [0.15, 0.2) is 0 Å². The molecule has 2 N–H and O–H groups in total. The molecule has 0 radical (unpaired) electrons. The average molecular weight is 689 g/mol. The Morgan fingerprint density at radius 2 is 0.560 bits per heavy atom. The number of hydrogen-bond donors (Lipinski definition) is 2. The van der Waals surface area contributed by atoms with Gasteiger partial charge in [0.1, 0.15) is 0 Å². The lowest BCUT2D eigenvalue weighted by molar-refractivity contribution is 0.535. The van der Waals surface area contributed by atoms with E-state index in [-0.39, 0.29) is 0 Å². The molecule has 0 heterocycles. The maximum Gasteiger partial charge on any atom is 0.0372 e. The maximum absolute atomic E-state index is 3.76. The summed E-state index contributed by atoms with van der Waals surface area (Å²) in [5.74, 6) is 0. The van der Waals surface area contributed by atoms with Gasteiger partial charge in [-0.3, -0.25) is 0 Å². The van der Waals surface area contributed by atoms with Crippen LogP contribution < -0.4 is 10.6 Å². The SMILES string of the molecule is CCCCCCCCCCCCCCCCc1ccccc1NCCCCNc1ccccc1CCCCCCCCCCCCCCCC. The summed E-state index contributed by atoms with van der Waals surface area (Å²) in [5, 5.41) is 7.53. The molecule has 2 rings (SSSR count). The third-order valence-electron chi connectivity index (χ3n) is 10.9. The highest BCUT2D eigenvalue weighted by molar-refractivity contribution is 5.52. The van der Waals surface area contributed by atoms with Gasteiger partial charge < -0.3 is 10.6 Å². The molecular weight excluding hydrogens is 605 g/mol. The summed E-state index contributed by atoms with van der Waals surface area (Å²) in [6, 6.07) is 18.0. The van der Waals surface area contributed by atoms with E-state index in [0.29, 0.717) is 0 Å². The highest BCUT2D eigenvalue weighted by Crippen LogP contribution is 2.21. The van der Waals surface area contributed by atoms with Crippen LogP contribution in [0.2, 0.25) is 0 Å². The van der Waals surface area contributed by atoms with Gasteiger partial charge in [0.2, 0.25) is 0 Å². The van der Waals surface area contributed by atoms with E-state index >= 15 is 0 Å². The van der Waals surface area contributed by atoms with Crippen molar-refractivity contribution in [2.24, 2.45) is 0 Å². The Hall–Kier alpha value is -1.96. The van der Waals surface area contributed by atoms with E-state index in [9.17, 15) is 0 Å². The number of hydrogen-bond acceptors (Lipinski definition) is 2. The van der Waals surface area contributed by atoms with Gasteiger partial charge in [-0.15, -0.1) is 0 Å². The lowest BCUT2D eigenvalue weighted by atomic mass is 10.0. The van der Waals surface area contributed by atoms with E-state index in [4.69, 9.17) is 0 Å². The number of benzene rings is 2. The van der Waals surface area contributed by atoms with Crippen LogP contribution in [0.4, 0.5) is 11.4 Å². The van der Waals surface area contributed by atoms with Crippen LogP contribution in [-0.4, -0.2) is 13.1 Å². The standard InChI is InChI=1S/C48H84N2/c1-3-5-7-9-11-13-15-17-19-21-23-25-27-29-37-45-39-31-33-41-47(45)49-43-35-36-44-50-48-42-34-32-40-46(48)38-30-28-26-24-22-20-18-16-14-12-10-8-6-4-2/h31-34,39-42,49-50H,3-30,35-38,43-44H2,1-2H3. The summed E-state index contributed by atoms with van der Waals surface area (Å²) in [5.41, 5.74) is 5.71. The zero-order valence-electron chi connectivity index (χ0n) is 33.7. The molecule has 0 saturated heterocycles. The summed E-state index contributed by atoms with van der Waals surface area (Å²) < 4.78 is 0. The molecule has 50 heavy (non-hydrogen) atoms. The van der Waals surface area contributed by atoms with Crippen molar-refractivity contribution in [3.05, 3.63) is 59.7 Å². The van der Waals surface area contributed by atoms with Crippen molar-refractivity contribution in [2.45, 2.75) is 219 Å². The molecule has 2 aromatic carbocycles. The van der Waals surface area contributed by atoms with Crippen molar-refractivity contribution in [3.8, 4) is 0 Å². The predicted octanol–water partition coefficient (Wildman–Crippen LogP) is 16.0. The van der Waals surface area contributed by atoms with E-state index in [1.807, 2.05) is 0 Å². The van der Waals surface area contributed by atoms with E-state index in [2.05, 4.69) is 73.0 Å². The second-order valence-corrected chi connectivity index (χ2v) is 15.6. The fourth-order valence-electron chi connectivity index (χ4n) is 7.54. The number of para-hydroxylation sites is 2. The molecule has 0 aromatic heterocycles. The predicted molar refractivity (Wildman–Crippen MR) is 227 cm³/mol. The van der Waals surface area contributed by atoms with E-state index in [0.717, 1.165) is 13.1 Å². The van der Waals surface area contributed by atoms with Crippen molar-refractivity contribution in [1.29, 1.82) is 0 Å². The highest BCUT2D eigenvalue weighted by atomic mass is 14.9. The normalized spacial score (nSPS) is 11.3. The van der Waals surface area contributed by atoms with E-state index in [1.165, 1.54) is 228 Å². The summed E-state index contributed by atoms with van der Waals surface area (Å²) >= 11 is 0. The molecule has 0 aliphatic rings. The summed E-state index contributed by atoms with van der Waals surface area (Å²) in [7, 11) is 0. The number of nitrogens with one attached hydrogen (secondary N) is 2. The molecule has 2 heteroatoms. The van der Waals surface area contributed by atoms with Gasteiger partial charge in [-0.2, -0.15) is 0 Å². The second kappa shape index (κ2) is 34.1. The van der Waals surface area contributed by atoms with Crippen LogP contribution in [0.1, 0.15) is 218 Å². The molecule has 0 atom stereocenters. The summed E-state index contributed by atoms with van der Waals surface area (Å²) in [6.45, 7) is 6.72. The molecule has 0 aliphatic heterocycles. The Labute approximate surface area is 313 Å². The Morgan fingerprint density at radius 1 is 0.300 bits per heavy atom. The van der Waals surface area contributed by atoms with Crippen LogP contribution in [0, 0.1) is 0 Å². The van der Waals surface area contributed by atoms with Crippen molar-refractivity contribution >= 4 is 11.4 Å². The number of anilines is 2. The Kier molecular flexibility index (Phi) is 30.2. The van der Waals surface area contributed by atoms with Crippen molar-refractivity contribution in [3.63, 3.8) is 0 Å². The maximum atomic E-state index is 3.76. The summed E-state index contributed by atoms with van der Waals surface area (Å²) in [6.07, 6.45) is 44.7. The average Bonchev–Trinajstić information content (AvgIpc) is 3.14. The fourth-order valence-corrected chi connectivity index (χ4v) is 7.54. The molecule has 0 amide bonds. The van der Waals surface area contributed by atoms with Crippen LogP contribution in [0.5, 0.6) is 0 Å². The monoisotopic (exact) mass is 689 g/mol. The third-order valence-corrected chi connectivity index (χ3v) is 10.9. The van der Waals surface area contributed by atoms with Crippen LogP contribution in [-0.2, 0) is 12.8 Å². The smallest absolute Gasteiger partial charge is 0.0372 e. The quantitative estimate of drug-likeness (QED) is 0.0691. The molecular formula is C48H84N2. The molecule has 2 aromatic rings. The first kappa shape index (κ1) is 44.2. The van der Waals surface area contributed by atoms with Crippen molar-refractivity contribution in [1.82, 2.24) is 0 Å². The summed E-state index contributed by atoms with van der Waals surface area (Å²) in [4.78, 5) is 0. The van der Waals surface area contributed by atoms with E-state index in [1.54, 1.807) is 0 Å². The van der Waals surface area contributed by atoms with Gasteiger partial charge in [0, 0.05) is 24.5 Å². The Bertz CT molecular complexity index is 904. The van der Waals surface area contributed by atoms with E-state index < -0.39 is 0 Å². The van der Waals surface area contributed by atoms with Crippen molar-refractivity contribution < 1.29 is 0 Å². The van der Waals surface area contributed by atoms with Gasteiger partial charge >= 0.3 is 0 Å². The molecule has 2 nitrogen and oxygen atoms in total. The van der Waals surface area contributed by atoms with Gasteiger partial charge in [-0.25, -0.2) is 0 Å². The lowest BCUT2D eigenvalue weighted by Crippen LogP contribution is -2.08. The molecule has 0 spiro atoms. The molecule has 0 unspecified atom stereocenters. The Balaban J connectivity index is 1.45. The number of unbranched alkanes of at least 4 members (excludes halogenated alkanes) is 27. The zero-order chi connectivity index (χ0) is 35.4. The number of aryl methyl sites for hydroxylation is 2. The fraction of sp³-hybridized carbons (Fsp3) is 0.750. The van der Waals surface area contributed by atoms with Crippen LogP contribution >= 0.6 is 0 Å². The van der Waals surface area contributed by atoms with Crippen LogP contribution in [0.25, 0.3) is 0 Å².